The average Bonchev–Trinajstić information content (AvgIpc) is 3.16. The van der Waals surface area contributed by atoms with E-state index in [1.165, 1.54) is 16.7 Å². The van der Waals surface area contributed by atoms with Crippen LogP contribution in [0.3, 0.4) is 0 Å². The second-order valence-electron chi connectivity index (χ2n) is 8.68. The number of ether oxygens (including phenoxy) is 1. The van der Waals surface area contributed by atoms with Crippen molar-refractivity contribution in [3.63, 3.8) is 0 Å². The largest absolute Gasteiger partial charge is 0.496 e. The third kappa shape index (κ3) is 4.52. The van der Waals surface area contributed by atoms with Crippen LogP contribution in [0.25, 0.3) is 0 Å². The van der Waals surface area contributed by atoms with Crippen molar-refractivity contribution in [2.24, 2.45) is 0 Å². The minimum atomic E-state index is 0.0986. The topological polar surface area (TPSA) is 26.3 Å². The van der Waals surface area contributed by atoms with Gasteiger partial charge >= 0.3 is 0 Å². The smallest absolute Gasteiger partial charge is 0.194 e. The summed E-state index contributed by atoms with van der Waals surface area (Å²) in [6.45, 7) is 12.8. The van der Waals surface area contributed by atoms with Gasteiger partial charge in [0.2, 0.25) is 0 Å². The maximum atomic E-state index is 13.6. The first-order valence-electron chi connectivity index (χ1n) is 10.6. The van der Waals surface area contributed by atoms with Gasteiger partial charge in [0.1, 0.15) is 5.75 Å². The van der Waals surface area contributed by atoms with Crippen LogP contribution in [0, 0.1) is 13.8 Å². The van der Waals surface area contributed by atoms with Crippen molar-refractivity contribution in [2.75, 3.05) is 7.11 Å². The van der Waals surface area contributed by atoms with E-state index < -0.39 is 0 Å². The molecule has 0 fully saturated rings. The van der Waals surface area contributed by atoms with E-state index in [0.717, 1.165) is 39.3 Å². The van der Waals surface area contributed by atoms with Gasteiger partial charge in [-0.25, -0.2) is 0 Å². The van der Waals surface area contributed by atoms with Gasteiger partial charge in [0.05, 0.1) is 7.11 Å². The van der Waals surface area contributed by atoms with Crippen LogP contribution in [0.4, 0.5) is 0 Å². The molecule has 0 aliphatic rings. The molecule has 2 nitrogen and oxygen atoms in total. The molecule has 0 N–H and O–H groups in total. The van der Waals surface area contributed by atoms with Crippen molar-refractivity contribution in [2.45, 2.75) is 59.8 Å². The molecule has 158 valence electrons. The van der Waals surface area contributed by atoms with E-state index in [1.807, 2.05) is 23.6 Å². The summed E-state index contributed by atoms with van der Waals surface area (Å²) < 4.78 is 5.74. The highest BCUT2D eigenvalue weighted by Crippen LogP contribution is 2.37. The van der Waals surface area contributed by atoms with Gasteiger partial charge in [0, 0.05) is 22.4 Å². The molecule has 3 aromatic rings. The quantitative estimate of drug-likeness (QED) is 0.371. The maximum absolute atomic E-state index is 13.6. The first-order chi connectivity index (χ1) is 14.2. The molecule has 0 radical (unpaired) electrons. The molecule has 2 aromatic carbocycles. The Labute approximate surface area is 184 Å². The highest BCUT2D eigenvalue weighted by Gasteiger charge is 2.22. The van der Waals surface area contributed by atoms with Crippen LogP contribution in [-0.4, -0.2) is 12.9 Å². The number of thiophene rings is 1. The minimum absolute atomic E-state index is 0.0986. The fourth-order valence-corrected chi connectivity index (χ4v) is 4.74. The highest BCUT2D eigenvalue weighted by atomic mass is 32.1. The van der Waals surface area contributed by atoms with Crippen LogP contribution >= 0.6 is 11.3 Å². The SMILES string of the molecule is COc1c(C(C)C)cc(C(=O)c2ccsc2Cc2ccc(C)c(C)c2)cc1C(C)C. The zero-order valence-corrected chi connectivity index (χ0v) is 19.9. The van der Waals surface area contributed by atoms with E-state index in [-0.39, 0.29) is 17.6 Å². The number of carbonyl (C=O) groups is 1. The molecule has 0 bridgehead atoms. The van der Waals surface area contributed by atoms with Gasteiger partial charge in [0.25, 0.3) is 0 Å². The molecule has 0 saturated carbocycles. The number of benzene rings is 2. The Morgan fingerprint density at radius 1 is 0.933 bits per heavy atom. The fourth-order valence-electron chi connectivity index (χ4n) is 3.83. The minimum Gasteiger partial charge on any atom is -0.496 e. The lowest BCUT2D eigenvalue weighted by Crippen LogP contribution is -2.08. The number of hydrogen-bond donors (Lipinski definition) is 0. The van der Waals surface area contributed by atoms with Gasteiger partial charge in [-0.3, -0.25) is 4.79 Å². The van der Waals surface area contributed by atoms with Crippen molar-refractivity contribution in [1.29, 1.82) is 0 Å². The Hall–Kier alpha value is -2.39. The van der Waals surface area contributed by atoms with Gasteiger partial charge in [0.15, 0.2) is 5.78 Å². The van der Waals surface area contributed by atoms with Crippen molar-refractivity contribution in [1.82, 2.24) is 0 Å². The van der Waals surface area contributed by atoms with Crippen LogP contribution in [0.2, 0.25) is 0 Å². The molecule has 1 aromatic heterocycles. The first kappa shape index (κ1) is 22.3. The Morgan fingerprint density at radius 3 is 2.10 bits per heavy atom. The Morgan fingerprint density at radius 2 is 1.57 bits per heavy atom. The number of hydrogen-bond acceptors (Lipinski definition) is 3. The lowest BCUT2D eigenvalue weighted by atomic mass is 9.89. The average molecular weight is 421 g/mol. The van der Waals surface area contributed by atoms with E-state index in [0.29, 0.717) is 0 Å². The number of ketones is 1. The van der Waals surface area contributed by atoms with Gasteiger partial charge in [-0.05, 0) is 77.1 Å². The molecular weight excluding hydrogens is 388 g/mol. The molecule has 3 rings (SSSR count). The van der Waals surface area contributed by atoms with Crippen LogP contribution in [0.5, 0.6) is 5.75 Å². The molecule has 0 saturated heterocycles. The second-order valence-corrected chi connectivity index (χ2v) is 9.68. The summed E-state index contributed by atoms with van der Waals surface area (Å²) in [6, 6.07) is 12.6. The van der Waals surface area contributed by atoms with Crippen molar-refractivity contribution in [3.05, 3.63) is 85.6 Å². The molecular formula is C27H32O2S. The van der Waals surface area contributed by atoms with Crippen LogP contribution in [-0.2, 0) is 6.42 Å². The second kappa shape index (κ2) is 9.18. The first-order valence-corrected chi connectivity index (χ1v) is 11.5. The summed E-state index contributed by atoms with van der Waals surface area (Å²) in [5.41, 5.74) is 7.58. The summed E-state index contributed by atoms with van der Waals surface area (Å²) >= 11 is 1.66. The third-order valence-corrected chi connectivity index (χ3v) is 6.70. The highest BCUT2D eigenvalue weighted by molar-refractivity contribution is 7.10. The molecule has 0 atom stereocenters. The number of aryl methyl sites for hydroxylation is 2. The molecule has 0 aliphatic heterocycles. The van der Waals surface area contributed by atoms with E-state index in [4.69, 9.17) is 4.74 Å². The summed E-state index contributed by atoms with van der Waals surface area (Å²) in [6.07, 6.45) is 0.782. The van der Waals surface area contributed by atoms with Crippen molar-refractivity contribution >= 4 is 17.1 Å². The summed E-state index contributed by atoms with van der Waals surface area (Å²) in [5, 5.41) is 2.03. The van der Waals surface area contributed by atoms with Crippen LogP contribution < -0.4 is 4.74 Å². The fraction of sp³-hybridized carbons (Fsp3) is 0.370. The number of carbonyl (C=O) groups excluding carboxylic acids is 1. The maximum Gasteiger partial charge on any atom is 0.194 e. The monoisotopic (exact) mass is 420 g/mol. The number of methoxy groups -OCH3 is 1. The molecule has 0 amide bonds. The predicted octanol–water partition coefficient (Wildman–Crippen LogP) is 7.44. The van der Waals surface area contributed by atoms with Crippen molar-refractivity contribution in [3.8, 4) is 5.75 Å². The molecule has 30 heavy (non-hydrogen) atoms. The Balaban J connectivity index is 2.02. The van der Waals surface area contributed by atoms with Crippen molar-refractivity contribution < 1.29 is 9.53 Å². The molecule has 0 spiro atoms. The van der Waals surface area contributed by atoms with Gasteiger partial charge in [-0.1, -0.05) is 45.9 Å². The summed E-state index contributed by atoms with van der Waals surface area (Å²) in [5.74, 6) is 1.57. The summed E-state index contributed by atoms with van der Waals surface area (Å²) in [7, 11) is 1.72. The normalized spacial score (nSPS) is 11.4. The van der Waals surface area contributed by atoms with E-state index in [9.17, 15) is 4.79 Å². The van der Waals surface area contributed by atoms with Gasteiger partial charge in [-0.2, -0.15) is 0 Å². The van der Waals surface area contributed by atoms with Gasteiger partial charge in [-0.15, -0.1) is 11.3 Å². The Kier molecular flexibility index (Phi) is 6.82. The lowest BCUT2D eigenvalue weighted by Gasteiger charge is -2.20. The zero-order chi connectivity index (χ0) is 22.0. The van der Waals surface area contributed by atoms with E-state index in [2.05, 4.69) is 59.7 Å². The lowest BCUT2D eigenvalue weighted by molar-refractivity contribution is 0.103. The molecule has 0 aliphatic carbocycles. The zero-order valence-electron chi connectivity index (χ0n) is 19.1. The van der Waals surface area contributed by atoms with Gasteiger partial charge < -0.3 is 4.74 Å². The molecule has 0 unspecified atom stereocenters. The van der Waals surface area contributed by atoms with E-state index in [1.54, 1.807) is 18.4 Å². The van der Waals surface area contributed by atoms with Crippen LogP contribution in [0.15, 0.2) is 41.8 Å². The number of rotatable bonds is 7. The molecule has 3 heteroatoms. The predicted molar refractivity (Wildman–Crippen MR) is 128 cm³/mol. The standard InChI is InChI=1S/C27H32O2S/c1-16(2)23-14-21(15-24(17(3)4)27(23)29-7)26(28)22-10-11-30-25(22)13-20-9-8-18(5)19(6)12-20/h8-12,14-17H,13H2,1-7H3. The summed E-state index contributed by atoms with van der Waals surface area (Å²) in [4.78, 5) is 14.7. The third-order valence-electron chi connectivity index (χ3n) is 5.78. The van der Waals surface area contributed by atoms with E-state index >= 15 is 0 Å². The van der Waals surface area contributed by atoms with Crippen LogP contribution in [0.1, 0.15) is 88.1 Å². The molecule has 1 heterocycles. The Bertz CT molecular complexity index is 1030.